The van der Waals surface area contributed by atoms with Crippen molar-refractivity contribution in [3.63, 3.8) is 0 Å². The van der Waals surface area contributed by atoms with Crippen LogP contribution in [-0.2, 0) is 16.4 Å². The highest BCUT2D eigenvalue weighted by molar-refractivity contribution is 7.89. The normalized spacial score (nSPS) is 12.3. The molecular formula is C9H17N3O2S. The maximum atomic E-state index is 11.7. The molecule has 0 bridgehead atoms. The summed E-state index contributed by atoms with van der Waals surface area (Å²) in [7, 11) is -0.399. The fourth-order valence-corrected chi connectivity index (χ4v) is 1.94. The Balaban J connectivity index is 2.85. The average molecular weight is 231 g/mol. The zero-order chi connectivity index (χ0) is 11.5. The first kappa shape index (κ1) is 12.2. The zero-order valence-electron chi connectivity index (χ0n) is 9.32. The van der Waals surface area contributed by atoms with Crippen LogP contribution in [0.4, 0.5) is 0 Å². The van der Waals surface area contributed by atoms with Crippen molar-refractivity contribution < 1.29 is 8.42 Å². The van der Waals surface area contributed by atoms with Crippen LogP contribution in [0.2, 0.25) is 0 Å². The lowest BCUT2D eigenvalue weighted by molar-refractivity contribution is 0.517. The number of aromatic nitrogens is 2. The van der Waals surface area contributed by atoms with Gasteiger partial charge in [0.05, 0.1) is 0 Å². The van der Waals surface area contributed by atoms with Gasteiger partial charge in [0, 0.05) is 26.7 Å². The molecule has 1 aromatic heterocycles. The molecule has 0 amide bonds. The van der Waals surface area contributed by atoms with Crippen LogP contribution in [0.25, 0.3) is 0 Å². The smallest absolute Gasteiger partial charge is 0.261 e. The third-order valence-electron chi connectivity index (χ3n) is 2.12. The minimum Gasteiger partial charge on any atom is -0.347 e. The van der Waals surface area contributed by atoms with Gasteiger partial charge in [0.2, 0.25) is 0 Å². The molecule has 0 aromatic carbocycles. The Bertz CT molecular complexity index is 409. The van der Waals surface area contributed by atoms with E-state index < -0.39 is 10.0 Å². The van der Waals surface area contributed by atoms with E-state index in [0.29, 0.717) is 0 Å². The number of sulfonamides is 1. The molecule has 0 atom stereocenters. The van der Waals surface area contributed by atoms with Gasteiger partial charge in [-0.2, -0.15) is 0 Å². The van der Waals surface area contributed by atoms with E-state index in [-0.39, 0.29) is 5.03 Å². The van der Waals surface area contributed by atoms with Gasteiger partial charge in [0.1, 0.15) is 5.82 Å². The molecule has 0 fully saturated rings. The Morgan fingerprint density at radius 2 is 2.13 bits per heavy atom. The number of aromatic amines is 1. The molecule has 1 rings (SSSR count). The minimum atomic E-state index is -3.39. The van der Waals surface area contributed by atoms with Crippen LogP contribution in [0.1, 0.15) is 25.6 Å². The fourth-order valence-electron chi connectivity index (χ4n) is 1.13. The number of hydrogen-bond acceptors (Lipinski definition) is 3. The van der Waals surface area contributed by atoms with Crippen LogP contribution >= 0.6 is 0 Å². The Morgan fingerprint density at radius 1 is 1.47 bits per heavy atom. The number of rotatable bonds is 5. The van der Waals surface area contributed by atoms with E-state index in [9.17, 15) is 8.42 Å². The van der Waals surface area contributed by atoms with Crippen molar-refractivity contribution in [3.8, 4) is 0 Å². The van der Waals surface area contributed by atoms with E-state index >= 15 is 0 Å². The lowest BCUT2D eigenvalue weighted by Gasteiger charge is -2.07. The molecule has 1 N–H and O–H groups in total. The summed E-state index contributed by atoms with van der Waals surface area (Å²) in [5.41, 5.74) is 0. The molecule has 0 saturated carbocycles. The zero-order valence-corrected chi connectivity index (χ0v) is 10.1. The molecule has 6 heteroatoms. The standard InChI is InChI=1S/C9H17N3O2S/c1-4-5-6-8-10-7-9(11-8)15(13,14)12(2)3/h7H,4-6H2,1-3H3,(H,10,11). The molecule has 1 aromatic rings. The third kappa shape index (κ3) is 2.79. The van der Waals surface area contributed by atoms with Gasteiger partial charge in [0.15, 0.2) is 5.03 Å². The van der Waals surface area contributed by atoms with Crippen molar-refractivity contribution in [2.75, 3.05) is 14.1 Å². The number of nitrogens with zero attached hydrogens (tertiary/aromatic N) is 2. The van der Waals surface area contributed by atoms with E-state index in [1.54, 1.807) is 0 Å². The second-order valence-corrected chi connectivity index (χ2v) is 5.68. The van der Waals surface area contributed by atoms with Crippen LogP contribution < -0.4 is 0 Å². The molecular weight excluding hydrogens is 214 g/mol. The van der Waals surface area contributed by atoms with E-state index in [1.807, 2.05) is 0 Å². The van der Waals surface area contributed by atoms with Crippen LogP contribution in [0.15, 0.2) is 11.2 Å². The highest BCUT2D eigenvalue weighted by Crippen LogP contribution is 2.11. The van der Waals surface area contributed by atoms with Gasteiger partial charge >= 0.3 is 0 Å². The van der Waals surface area contributed by atoms with Crippen molar-refractivity contribution in [2.45, 2.75) is 31.2 Å². The van der Waals surface area contributed by atoms with Gasteiger partial charge in [-0.1, -0.05) is 13.3 Å². The molecule has 86 valence electrons. The number of aryl methyl sites for hydroxylation is 1. The van der Waals surface area contributed by atoms with Crippen molar-refractivity contribution in [3.05, 3.63) is 12.0 Å². The van der Waals surface area contributed by atoms with Crippen molar-refractivity contribution in [1.82, 2.24) is 14.3 Å². The second-order valence-electron chi connectivity index (χ2n) is 3.58. The summed E-state index contributed by atoms with van der Waals surface area (Å²) in [5, 5.41) is 0.0959. The van der Waals surface area contributed by atoms with Gasteiger partial charge in [-0.3, -0.25) is 0 Å². The molecule has 15 heavy (non-hydrogen) atoms. The minimum absolute atomic E-state index is 0.0959. The topological polar surface area (TPSA) is 66.1 Å². The predicted molar refractivity (Wildman–Crippen MR) is 58.1 cm³/mol. The number of H-pyrrole nitrogens is 1. The number of hydrogen-bond donors (Lipinski definition) is 1. The van der Waals surface area contributed by atoms with Crippen molar-refractivity contribution >= 4 is 10.0 Å². The Hall–Kier alpha value is -0.880. The first-order chi connectivity index (χ1) is 6.98. The maximum Gasteiger partial charge on any atom is 0.261 e. The molecule has 0 aliphatic heterocycles. The van der Waals surface area contributed by atoms with E-state index in [4.69, 9.17) is 0 Å². The molecule has 0 radical (unpaired) electrons. The van der Waals surface area contributed by atoms with E-state index in [0.717, 1.165) is 29.4 Å². The fraction of sp³-hybridized carbons (Fsp3) is 0.667. The lowest BCUT2D eigenvalue weighted by Crippen LogP contribution is -2.22. The van der Waals surface area contributed by atoms with Gasteiger partial charge in [-0.25, -0.2) is 17.7 Å². The monoisotopic (exact) mass is 231 g/mol. The van der Waals surface area contributed by atoms with E-state index in [2.05, 4.69) is 16.9 Å². The highest BCUT2D eigenvalue weighted by atomic mass is 32.2. The van der Waals surface area contributed by atoms with Crippen molar-refractivity contribution in [1.29, 1.82) is 0 Å². The quantitative estimate of drug-likeness (QED) is 0.822. The number of nitrogens with one attached hydrogen (secondary N) is 1. The molecule has 0 aliphatic carbocycles. The molecule has 0 spiro atoms. The second kappa shape index (κ2) is 4.76. The largest absolute Gasteiger partial charge is 0.347 e. The van der Waals surface area contributed by atoms with Crippen molar-refractivity contribution in [2.24, 2.45) is 0 Å². The van der Waals surface area contributed by atoms with Crippen LogP contribution in [0.5, 0.6) is 0 Å². The average Bonchev–Trinajstić information content (AvgIpc) is 2.63. The van der Waals surface area contributed by atoms with Gasteiger partial charge < -0.3 is 4.98 Å². The van der Waals surface area contributed by atoms with Gasteiger partial charge in [-0.05, 0) is 6.42 Å². The predicted octanol–water partition coefficient (Wildman–Crippen LogP) is 1.00. The summed E-state index contributed by atoms with van der Waals surface area (Å²) in [5.74, 6) is 0.734. The summed E-state index contributed by atoms with van der Waals surface area (Å²) < 4.78 is 24.5. The Morgan fingerprint density at radius 3 is 2.67 bits per heavy atom. The molecule has 1 heterocycles. The molecule has 0 saturated heterocycles. The first-order valence-electron chi connectivity index (χ1n) is 4.95. The van der Waals surface area contributed by atoms with Gasteiger partial charge in [-0.15, -0.1) is 0 Å². The highest BCUT2D eigenvalue weighted by Gasteiger charge is 2.20. The first-order valence-corrected chi connectivity index (χ1v) is 6.39. The number of imidazole rings is 1. The summed E-state index contributed by atoms with van der Waals surface area (Å²) in [6.07, 6.45) is 4.31. The Labute approximate surface area is 90.6 Å². The molecule has 0 unspecified atom stereocenters. The SMILES string of the molecule is CCCCc1nc(S(=O)(=O)N(C)C)c[nH]1. The van der Waals surface area contributed by atoms with E-state index in [1.165, 1.54) is 20.3 Å². The molecule has 5 nitrogen and oxygen atoms in total. The van der Waals surface area contributed by atoms with Crippen LogP contribution in [0, 0.1) is 0 Å². The lowest BCUT2D eigenvalue weighted by atomic mass is 10.2. The summed E-state index contributed by atoms with van der Waals surface area (Å²) in [4.78, 5) is 6.94. The van der Waals surface area contributed by atoms with Crippen LogP contribution in [0.3, 0.4) is 0 Å². The maximum absolute atomic E-state index is 11.7. The number of unbranched alkanes of at least 4 members (excludes halogenated alkanes) is 1. The Kier molecular flexibility index (Phi) is 3.87. The third-order valence-corrected chi connectivity index (χ3v) is 3.82. The van der Waals surface area contributed by atoms with Crippen LogP contribution in [-0.4, -0.2) is 36.8 Å². The summed E-state index contributed by atoms with van der Waals surface area (Å²) in [6.45, 7) is 2.08. The van der Waals surface area contributed by atoms with Gasteiger partial charge in [0.25, 0.3) is 10.0 Å². The molecule has 0 aliphatic rings. The summed E-state index contributed by atoms with van der Waals surface area (Å²) >= 11 is 0. The summed E-state index contributed by atoms with van der Waals surface area (Å²) in [6, 6.07) is 0.